The van der Waals surface area contributed by atoms with Crippen molar-refractivity contribution in [3.05, 3.63) is 24.8 Å². The predicted molar refractivity (Wildman–Crippen MR) is 72.9 cm³/mol. The minimum Gasteiger partial charge on any atom is -0.469 e. The van der Waals surface area contributed by atoms with Gasteiger partial charge >= 0.3 is 5.97 Å². The van der Waals surface area contributed by atoms with Gasteiger partial charge in [-0.25, -0.2) is 0 Å². The van der Waals surface area contributed by atoms with Crippen molar-refractivity contribution < 1.29 is 9.53 Å². The van der Waals surface area contributed by atoms with Crippen molar-refractivity contribution in [1.82, 2.24) is 0 Å². The van der Waals surface area contributed by atoms with Crippen LogP contribution in [0, 0.1) is 0 Å². The van der Waals surface area contributed by atoms with Crippen molar-refractivity contribution in [3.63, 3.8) is 0 Å². The van der Waals surface area contributed by atoms with Crippen LogP contribution in [0.3, 0.4) is 0 Å². The third-order valence-electron chi connectivity index (χ3n) is 2.71. The second kappa shape index (κ2) is 13.0. The lowest BCUT2D eigenvalue weighted by Crippen LogP contribution is -1.96. The maximum atomic E-state index is 10.8. The SMILES string of the molecule is C=CCCCCCCCCC=CCC(=O)OC. The lowest BCUT2D eigenvalue weighted by molar-refractivity contribution is -0.139. The zero-order valence-corrected chi connectivity index (χ0v) is 11.1. The molecule has 0 spiro atoms. The summed E-state index contributed by atoms with van der Waals surface area (Å²) in [6, 6.07) is 0. The fourth-order valence-electron chi connectivity index (χ4n) is 1.64. The van der Waals surface area contributed by atoms with Crippen LogP contribution in [0.2, 0.25) is 0 Å². The molecule has 0 unspecified atom stereocenters. The quantitative estimate of drug-likeness (QED) is 0.303. The molecule has 0 rings (SSSR count). The third-order valence-corrected chi connectivity index (χ3v) is 2.71. The van der Waals surface area contributed by atoms with Crippen molar-refractivity contribution in [1.29, 1.82) is 0 Å². The van der Waals surface area contributed by atoms with E-state index in [1.165, 1.54) is 45.6 Å². The average Bonchev–Trinajstić information content (AvgIpc) is 2.35. The number of allylic oxidation sites excluding steroid dienone is 2. The number of ether oxygens (including phenoxy) is 1. The number of rotatable bonds is 11. The molecule has 0 aromatic rings. The molecule has 0 heterocycles. The van der Waals surface area contributed by atoms with E-state index in [2.05, 4.69) is 17.4 Å². The van der Waals surface area contributed by atoms with Crippen LogP contribution < -0.4 is 0 Å². The summed E-state index contributed by atoms with van der Waals surface area (Å²) in [6.45, 7) is 3.71. The van der Waals surface area contributed by atoms with Crippen LogP contribution in [0.25, 0.3) is 0 Å². The Kier molecular flexibility index (Phi) is 12.2. The Labute approximate surface area is 106 Å². The molecule has 0 aliphatic carbocycles. The first kappa shape index (κ1) is 16.0. The summed E-state index contributed by atoms with van der Waals surface area (Å²) in [5, 5.41) is 0. The number of carbonyl (C=O) groups is 1. The van der Waals surface area contributed by atoms with E-state index in [9.17, 15) is 4.79 Å². The first-order valence-electron chi connectivity index (χ1n) is 6.64. The fourth-order valence-corrected chi connectivity index (χ4v) is 1.64. The molecule has 2 nitrogen and oxygen atoms in total. The molecule has 0 atom stereocenters. The molecule has 0 aromatic heterocycles. The third kappa shape index (κ3) is 12.9. The molecule has 0 saturated heterocycles. The van der Waals surface area contributed by atoms with E-state index in [1.54, 1.807) is 0 Å². The molecule has 0 aromatic carbocycles. The molecule has 0 fully saturated rings. The van der Waals surface area contributed by atoms with Crippen LogP contribution in [0.5, 0.6) is 0 Å². The highest BCUT2D eigenvalue weighted by Crippen LogP contribution is 2.09. The van der Waals surface area contributed by atoms with E-state index >= 15 is 0 Å². The van der Waals surface area contributed by atoms with Gasteiger partial charge in [-0.05, 0) is 25.7 Å². The van der Waals surface area contributed by atoms with Gasteiger partial charge in [-0.1, -0.05) is 43.9 Å². The van der Waals surface area contributed by atoms with Crippen LogP contribution in [0.4, 0.5) is 0 Å². The van der Waals surface area contributed by atoms with Gasteiger partial charge in [-0.2, -0.15) is 0 Å². The molecular formula is C15H26O2. The highest BCUT2D eigenvalue weighted by Gasteiger charge is 1.93. The van der Waals surface area contributed by atoms with Crippen molar-refractivity contribution in [2.24, 2.45) is 0 Å². The van der Waals surface area contributed by atoms with Gasteiger partial charge in [-0.15, -0.1) is 6.58 Å². The molecule has 98 valence electrons. The molecule has 0 saturated carbocycles. The lowest BCUT2D eigenvalue weighted by Gasteiger charge is -1.99. The predicted octanol–water partition coefficient (Wildman–Crippen LogP) is 4.41. The number of hydrogen-bond donors (Lipinski definition) is 0. The number of hydrogen-bond acceptors (Lipinski definition) is 2. The summed E-state index contributed by atoms with van der Waals surface area (Å²) in [5.74, 6) is -0.163. The fraction of sp³-hybridized carbons (Fsp3) is 0.667. The second-order valence-electron chi connectivity index (χ2n) is 4.24. The normalized spacial score (nSPS) is 10.6. The van der Waals surface area contributed by atoms with Gasteiger partial charge in [0.05, 0.1) is 13.5 Å². The van der Waals surface area contributed by atoms with Gasteiger partial charge in [-0.3, -0.25) is 4.79 Å². The monoisotopic (exact) mass is 238 g/mol. The second-order valence-corrected chi connectivity index (χ2v) is 4.24. The summed E-state index contributed by atoms with van der Waals surface area (Å²) in [4.78, 5) is 10.8. The highest BCUT2D eigenvalue weighted by molar-refractivity contribution is 5.70. The van der Waals surface area contributed by atoms with Crippen LogP contribution in [-0.2, 0) is 9.53 Å². The molecule has 0 aliphatic heterocycles. The molecular weight excluding hydrogens is 212 g/mol. The number of unbranched alkanes of at least 4 members (excludes halogenated alkanes) is 7. The van der Waals surface area contributed by atoms with Gasteiger partial charge in [0.15, 0.2) is 0 Å². The Morgan fingerprint density at radius 2 is 1.59 bits per heavy atom. The van der Waals surface area contributed by atoms with Crippen LogP contribution in [-0.4, -0.2) is 13.1 Å². The Morgan fingerprint density at radius 1 is 1.00 bits per heavy atom. The zero-order valence-electron chi connectivity index (χ0n) is 11.1. The largest absolute Gasteiger partial charge is 0.469 e. The van der Waals surface area contributed by atoms with Crippen LogP contribution >= 0.6 is 0 Å². The molecule has 0 bridgehead atoms. The highest BCUT2D eigenvalue weighted by atomic mass is 16.5. The summed E-state index contributed by atoms with van der Waals surface area (Å²) in [7, 11) is 1.42. The first-order chi connectivity index (χ1) is 8.31. The van der Waals surface area contributed by atoms with Gasteiger partial charge in [0.1, 0.15) is 0 Å². The smallest absolute Gasteiger partial charge is 0.309 e. The van der Waals surface area contributed by atoms with Crippen molar-refractivity contribution >= 4 is 5.97 Å². The van der Waals surface area contributed by atoms with Crippen LogP contribution in [0.1, 0.15) is 57.8 Å². The van der Waals surface area contributed by atoms with E-state index < -0.39 is 0 Å². The lowest BCUT2D eigenvalue weighted by atomic mass is 10.1. The van der Waals surface area contributed by atoms with Crippen molar-refractivity contribution in [3.8, 4) is 0 Å². The molecule has 0 radical (unpaired) electrons. The minimum atomic E-state index is -0.163. The first-order valence-corrected chi connectivity index (χ1v) is 6.64. The van der Waals surface area contributed by atoms with Crippen molar-refractivity contribution in [2.45, 2.75) is 57.8 Å². The van der Waals surface area contributed by atoms with E-state index in [1.807, 2.05) is 12.2 Å². The zero-order chi connectivity index (χ0) is 12.8. The molecule has 17 heavy (non-hydrogen) atoms. The molecule has 0 amide bonds. The number of carbonyl (C=O) groups excluding carboxylic acids is 1. The molecule has 0 N–H and O–H groups in total. The minimum absolute atomic E-state index is 0.163. The van der Waals surface area contributed by atoms with E-state index in [-0.39, 0.29) is 5.97 Å². The Balaban J connectivity index is 3.12. The van der Waals surface area contributed by atoms with Gasteiger partial charge in [0.25, 0.3) is 0 Å². The Bertz CT molecular complexity index is 219. The molecule has 0 aliphatic rings. The summed E-state index contributed by atoms with van der Waals surface area (Å²) < 4.78 is 4.54. The topological polar surface area (TPSA) is 26.3 Å². The van der Waals surface area contributed by atoms with Crippen molar-refractivity contribution in [2.75, 3.05) is 7.11 Å². The maximum Gasteiger partial charge on any atom is 0.309 e. The summed E-state index contributed by atoms with van der Waals surface area (Å²) >= 11 is 0. The number of esters is 1. The Hall–Kier alpha value is -1.05. The van der Waals surface area contributed by atoms with E-state index in [0.29, 0.717) is 6.42 Å². The van der Waals surface area contributed by atoms with E-state index in [0.717, 1.165) is 12.8 Å². The number of methoxy groups -OCH3 is 1. The van der Waals surface area contributed by atoms with Gasteiger partial charge in [0.2, 0.25) is 0 Å². The van der Waals surface area contributed by atoms with Gasteiger partial charge < -0.3 is 4.74 Å². The van der Waals surface area contributed by atoms with E-state index in [4.69, 9.17) is 0 Å². The average molecular weight is 238 g/mol. The summed E-state index contributed by atoms with van der Waals surface area (Å²) in [5.41, 5.74) is 0. The summed E-state index contributed by atoms with van der Waals surface area (Å²) in [6.07, 6.45) is 16.4. The Morgan fingerprint density at radius 3 is 2.18 bits per heavy atom. The van der Waals surface area contributed by atoms with Crippen LogP contribution in [0.15, 0.2) is 24.8 Å². The van der Waals surface area contributed by atoms with Gasteiger partial charge in [0, 0.05) is 0 Å². The maximum absolute atomic E-state index is 10.8. The standard InChI is InChI=1S/C15H26O2/c1-3-4-5-6-7-8-9-10-11-12-13-14-15(16)17-2/h3,12-13H,1,4-11,14H2,2H3. The molecule has 2 heteroatoms.